The Labute approximate surface area is 76.9 Å². The van der Waals surface area contributed by atoms with Crippen LogP contribution in [0.2, 0.25) is 0 Å². The van der Waals surface area contributed by atoms with E-state index < -0.39 is 12.1 Å². The zero-order valence-corrected chi connectivity index (χ0v) is 8.92. The third kappa shape index (κ3) is 3.77. The molecule has 11 heavy (non-hydrogen) atoms. The van der Waals surface area contributed by atoms with Crippen LogP contribution in [0, 0.1) is 0 Å². The van der Waals surface area contributed by atoms with Crippen molar-refractivity contribution < 1.29 is 9.09 Å². The van der Waals surface area contributed by atoms with E-state index in [1.807, 2.05) is 6.92 Å². The minimum Gasteiger partial charge on any atom is -0.319 e. The number of halogens is 2. The molecule has 6 heteroatoms. The third-order valence-corrected chi connectivity index (χ3v) is 4.37. The highest BCUT2D eigenvalue weighted by atomic mass is 35.5. The van der Waals surface area contributed by atoms with E-state index >= 15 is 0 Å². The summed E-state index contributed by atoms with van der Waals surface area (Å²) in [6.07, 6.45) is 0.855. The summed E-state index contributed by atoms with van der Waals surface area (Å²) in [4.78, 5) is 0. The van der Waals surface area contributed by atoms with Crippen molar-refractivity contribution in [1.82, 2.24) is 5.09 Å². The predicted molar refractivity (Wildman–Crippen MR) is 48.4 cm³/mol. The Morgan fingerprint density at radius 3 is 2.45 bits per heavy atom. The minimum atomic E-state index is -3.01. The van der Waals surface area contributed by atoms with Crippen LogP contribution >= 0.6 is 30.7 Å². The van der Waals surface area contributed by atoms with Crippen LogP contribution in [0.3, 0.4) is 0 Å². The van der Waals surface area contributed by atoms with E-state index in [9.17, 15) is 4.57 Å². The first-order valence-corrected chi connectivity index (χ1v) is 5.82. The minimum absolute atomic E-state index is 0.584. The van der Waals surface area contributed by atoms with Crippen molar-refractivity contribution in [1.29, 1.82) is 0 Å². The second kappa shape index (κ2) is 5.39. The lowest BCUT2D eigenvalue weighted by Crippen LogP contribution is -2.16. The van der Waals surface area contributed by atoms with E-state index in [2.05, 4.69) is 9.61 Å². The Kier molecular flexibility index (Phi) is 5.75. The standard InChI is InChI=1S/C5H12Cl2NO2P/c1-3-4-8-11(9,10-2)5(6)7/h5H,3-4H2,1-2H3,(H,8,9). The molecule has 1 N–H and O–H groups in total. The fourth-order valence-electron chi connectivity index (χ4n) is 0.481. The van der Waals surface area contributed by atoms with E-state index in [4.69, 9.17) is 23.2 Å². The van der Waals surface area contributed by atoms with E-state index in [1.165, 1.54) is 7.11 Å². The molecule has 3 nitrogen and oxygen atoms in total. The Morgan fingerprint density at radius 1 is 1.64 bits per heavy atom. The van der Waals surface area contributed by atoms with Gasteiger partial charge in [0.05, 0.1) is 0 Å². The van der Waals surface area contributed by atoms with Crippen LogP contribution in [0.5, 0.6) is 0 Å². The van der Waals surface area contributed by atoms with E-state index in [1.54, 1.807) is 0 Å². The molecule has 1 unspecified atom stereocenters. The maximum Gasteiger partial charge on any atom is 0.301 e. The number of hydrogen-bond donors (Lipinski definition) is 1. The van der Waals surface area contributed by atoms with Crippen molar-refractivity contribution in [2.75, 3.05) is 13.7 Å². The van der Waals surface area contributed by atoms with Gasteiger partial charge in [-0.1, -0.05) is 30.1 Å². The van der Waals surface area contributed by atoms with Crippen molar-refractivity contribution in [3.63, 3.8) is 0 Å². The smallest absolute Gasteiger partial charge is 0.301 e. The molecule has 0 aliphatic heterocycles. The molecule has 0 bridgehead atoms. The lowest BCUT2D eigenvalue weighted by atomic mass is 10.5. The van der Waals surface area contributed by atoms with E-state index in [0.29, 0.717) is 6.54 Å². The first-order chi connectivity index (χ1) is 5.06. The number of nitrogens with one attached hydrogen (secondary N) is 1. The van der Waals surface area contributed by atoms with Crippen molar-refractivity contribution in [3.05, 3.63) is 0 Å². The highest BCUT2D eigenvalue weighted by Crippen LogP contribution is 2.50. The molecule has 1 atom stereocenters. The van der Waals surface area contributed by atoms with Gasteiger partial charge in [0, 0.05) is 13.7 Å². The maximum absolute atomic E-state index is 11.4. The first kappa shape index (κ1) is 11.7. The van der Waals surface area contributed by atoms with Gasteiger partial charge in [-0.3, -0.25) is 4.57 Å². The average molecular weight is 220 g/mol. The molecular weight excluding hydrogens is 208 g/mol. The van der Waals surface area contributed by atoms with Crippen molar-refractivity contribution in [2.45, 2.75) is 17.9 Å². The van der Waals surface area contributed by atoms with Gasteiger partial charge in [-0.25, -0.2) is 5.09 Å². The van der Waals surface area contributed by atoms with Crippen molar-refractivity contribution in [3.8, 4) is 0 Å². The van der Waals surface area contributed by atoms with Gasteiger partial charge in [-0.05, 0) is 6.42 Å². The molecule has 0 aliphatic rings. The Hall–Kier alpha value is 0.730. The van der Waals surface area contributed by atoms with E-state index in [-0.39, 0.29) is 0 Å². The summed E-state index contributed by atoms with van der Waals surface area (Å²) in [6.45, 7) is 2.53. The van der Waals surface area contributed by atoms with Gasteiger partial charge in [0.2, 0.25) is 0 Å². The van der Waals surface area contributed by atoms with Crippen LogP contribution in [0.25, 0.3) is 0 Å². The molecule has 0 aromatic heterocycles. The van der Waals surface area contributed by atoms with E-state index in [0.717, 1.165) is 6.42 Å². The Balaban J connectivity index is 4.01. The summed E-state index contributed by atoms with van der Waals surface area (Å²) in [5, 5.41) is 2.66. The lowest BCUT2D eigenvalue weighted by molar-refractivity contribution is 0.384. The second-order valence-corrected chi connectivity index (χ2v) is 6.06. The molecule has 0 aliphatic carbocycles. The molecule has 0 rings (SSSR count). The maximum atomic E-state index is 11.4. The van der Waals surface area contributed by atoms with Gasteiger partial charge in [0.15, 0.2) is 4.58 Å². The molecule has 0 saturated heterocycles. The number of rotatable bonds is 5. The Bertz CT molecular complexity index is 153. The van der Waals surface area contributed by atoms with Crippen molar-refractivity contribution >= 4 is 30.7 Å². The second-order valence-electron chi connectivity index (χ2n) is 1.97. The normalized spacial score (nSPS) is 16.8. The average Bonchev–Trinajstić information content (AvgIpc) is 2.00. The monoisotopic (exact) mass is 219 g/mol. The van der Waals surface area contributed by atoms with Gasteiger partial charge >= 0.3 is 7.52 Å². The first-order valence-electron chi connectivity index (χ1n) is 3.25. The van der Waals surface area contributed by atoms with Crippen LogP contribution in [0.15, 0.2) is 0 Å². The summed E-state index contributed by atoms with van der Waals surface area (Å²) in [5.41, 5.74) is 0. The van der Waals surface area contributed by atoms with Crippen LogP contribution in [0.1, 0.15) is 13.3 Å². The summed E-state index contributed by atoms with van der Waals surface area (Å²) >= 11 is 10.9. The Morgan fingerprint density at radius 2 is 2.18 bits per heavy atom. The van der Waals surface area contributed by atoms with Gasteiger partial charge in [0.25, 0.3) is 0 Å². The molecule has 0 saturated carbocycles. The third-order valence-electron chi connectivity index (χ3n) is 1.11. The lowest BCUT2D eigenvalue weighted by Gasteiger charge is -2.17. The molecule has 0 heterocycles. The molecule has 0 aromatic rings. The van der Waals surface area contributed by atoms with Crippen LogP contribution in [0.4, 0.5) is 0 Å². The fraction of sp³-hybridized carbons (Fsp3) is 1.00. The summed E-state index contributed by atoms with van der Waals surface area (Å²) in [5.74, 6) is 0. The highest BCUT2D eigenvalue weighted by molar-refractivity contribution is 7.61. The molecular formula is C5H12Cl2NO2P. The highest BCUT2D eigenvalue weighted by Gasteiger charge is 2.28. The molecule has 0 radical (unpaired) electrons. The largest absolute Gasteiger partial charge is 0.319 e. The molecule has 68 valence electrons. The predicted octanol–water partition coefficient (Wildman–Crippen LogP) is 2.59. The van der Waals surface area contributed by atoms with Crippen molar-refractivity contribution in [2.24, 2.45) is 0 Å². The SMILES string of the molecule is CCCNP(=O)(OC)C(Cl)Cl. The van der Waals surface area contributed by atoms with Gasteiger partial charge in [-0.2, -0.15) is 0 Å². The fourth-order valence-corrected chi connectivity index (χ4v) is 2.33. The van der Waals surface area contributed by atoms with Gasteiger partial charge in [0.1, 0.15) is 0 Å². The topological polar surface area (TPSA) is 38.3 Å². The number of alkyl halides is 2. The summed E-state index contributed by atoms with van der Waals surface area (Å²) in [7, 11) is -1.69. The molecule has 0 fully saturated rings. The van der Waals surface area contributed by atoms with Gasteiger partial charge < -0.3 is 4.52 Å². The number of hydrogen-bond acceptors (Lipinski definition) is 2. The molecule has 0 amide bonds. The molecule has 0 aromatic carbocycles. The zero-order chi connectivity index (χ0) is 8.91. The van der Waals surface area contributed by atoms with Gasteiger partial charge in [-0.15, -0.1) is 0 Å². The molecule has 0 spiro atoms. The zero-order valence-electron chi connectivity index (χ0n) is 6.51. The van der Waals surface area contributed by atoms with Crippen LogP contribution in [-0.2, 0) is 9.09 Å². The van der Waals surface area contributed by atoms with Crippen LogP contribution in [-0.4, -0.2) is 18.2 Å². The summed E-state index contributed by atoms with van der Waals surface area (Å²) in [6, 6.07) is 0. The van der Waals surface area contributed by atoms with Crippen LogP contribution < -0.4 is 5.09 Å². The summed E-state index contributed by atoms with van der Waals surface area (Å²) < 4.78 is 15.1. The quantitative estimate of drug-likeness (QED) is 0.571.